The molecule has 0 saturated heterocycles. The first kappa shape index (κ1) is 9.99. The van der Waals surface area contributed by atoms with Crippen molar-refractivity contribution >= 4 is 5.82 Å². The van der Waals surface area contributed by atoms with Gasteiger partial charge in [0, 0.05) is 12.2 Å². The number of aryl methyl sites for hydroxylation is 1. The Labute approximate surface area is 79.6 Å². The smallest absolute Gasteiger partial charge is 0.123 e. The van der Waals surface area contributed by atoms with Crippen molar-refractivity contribution in [2.24, 2.45) is 0 Å². The van der Waals surface area contributed by atoms with Gasteiger partial charge in [-0.3, -0.25) is 0 Å². The Bertz CT molecular complexity index is 263. The molecular formula is C10H17N3. The first-order valence-electron chi connectivity index (χ1n) is 4.53. The third-order valence-corrected chi connectivity index (χ3v) is 2.03. The lowest BCUT2D eigenvalue weighted by Gasteiger charge is -2.14. The fourth-order valence-electron chi connectivity index (χ4n) is 1.28. The molecule has 3 heteroatoms. The number of nitrogens with two attached hydrogens (primary N) is 1. The SMILES string of the molecule is CCN(C)Cc1cc(C)nc(N)c1. The highest BCUT2D eigenvalue weighted by Gasteiger charge is 2.00. The molecule has 1 rings (SSSR count). The molecule has 2 N–H and O–H groups in total. The first-order chi connectivity index (χ1) is 6.11. The summed E-state index contributed by atoms with van der Waals surface area (Å²) in [6.07, 6.45) is 0. The second kappa shape index (κ2) is 4.23. The number of hydrogen-bond acceptors (Lipinski definition) is 3. The molecule has 0 saturated carbocycles. The van der Waals surface area contributed by atoms with Crippen molar-refractivity contribution in [1.29, 1.82) is 0 Å². The molecule has 0 aliphatic heterocycles. The number of hydrogen-bond donors (Lipinski definition) is 1. The molecule has 0 atom stereocenters. The van der Waals surface area contributed by atoms with E-state index >= 15 is 0 Å². The largest absolute Gasteiger partial charge is 0.384 e. The summed E-state index contributed by atoms with van der Waals surface area (Å²) in [7, 11) is 2.09. The summed E-state index contributed by atoms with van der Waals surface area (Å²) < 4.78 is 0. The van der Waals surface area contributed by atoms with Crippen molar-refractivity contribution in [3.05, 3.63) is 23.4 Å². The van der Waals surface area contributed by atoms with E-state index in [1.165, 1.54) is 5.56 Å². The minimum absolute atomic E-state index is 0.611. The maximum absolute atomic E-state index is 5.65. The van der Waals surface area contributed by atoms with E-state index in [1.54, 1.807) is 0 Å². The van der Waals surface area contributed by atoms with E-state index in [4.69, 9.17) is 5.73 Å². The van der Waals surface area contributed by atoms with Gasteiger partial charge >= 0.3 is 0 Å². The van der Waals surface area contributed by atoms with Crippen molar-refractivity contribution < 1.29 is 0 Å². The Hall–Kier alpha value is -1.09. The molecule has 1 aromatic heterocycles. The Kier molecular flexibility index (Phi) is 3.25. The molecule has 0 spiro atoms. The number of nitrogen functional groups attached to an aromatic ring is 1. The maximum atomic E-state index is 5.65. The number of anilines is 1. The first-order valence-corrected chi connectivity index (χ1v) is 4.53. The van der Waals surface area contributed by atoms with Crippen LogP contribution in [0.1, 0.15) is 18.2 Å². The van der Waals surface area contributed by atoms with Crippen LogP contribution in [0.5, 0.6) is 0 Å². The lowest BCUT2D eigenvalue weighted by atomic mass is 10.2. The van der Waals surface area contributed by atoms with Crippen LogP contribution in [0.2, 0.25) is 0 Å². The molecule has 0 fully saturated rings. The van der Waals surface area contributed by atoms with E-state index in [0.29, 0.717) is 5.82 Å². The Morgan fingerprint density at radius 3 is 2.69 bits per heavy atom. The predicted octanol–water partition coefficient (Wildman–Crippen LogP) is 1.42. The summed E-state index contributed by atoms with van der Waals surface area (Å²) in [5.74, 6) is 0.611. The Morgan fingerprint density at radius 2 is 2.15 bits per heavy atom. The van der Waals surface area contributed by atoms with Crippen LogP contribution < -0.4 is 5.73 Å². The summed E-state index contributed by atoms with van der Waals surface area (Å²) in [6, 6.07) is 4.00. The average Bonchev–Trinajstić information content (AvgIpc) is 2.02. The molecule has 0 amide bonds. The lowest BCUT2D eigenvalue weighted by molar-refractivity contribution is 0.345. The van der Waals surface area contributed by atoms with E-state index in [0.717, 1.165) is 18.8 Å². The maximum Gasteiger partial charge on any atom is 0.123 e. The molecule has 0 aliphatic rings. The molecule has 13 heavy (non-hydrogen) atoms. The zero-order chi connectivity index (χ0) is 9.84. The Morgan fingerprint density at radius 1 is 1.46 bits per heavy atom. The number of aromatic nitrogens is 1. The van der Waals surface area contributed by atoms with Crippen molar-refractivity contribution in [3.8, 4) is 0 Å². The second-order valence-electron chi connectivity index (χ2n) is 3.37. The van der Waals surface area contributed by atoms with Crippen LogP contribution in [0.3, 0.4) is 0 Å². The topological polar surface area (TPSA) is 42.2 Å². The molecular weight excluding hydrogens is 162 g/mol. The Balaban J connectivity index is 2.77. The normalized spacial score (nSPS) is 10.8. The molecule has 1 aromatic rings. The van der Waals surface area contributed by atoms with Gasteiger partial charge < -0.3 is 10.6 Å². The van der Waals surface area contributed by atoms with Gasteiger partial charge in [-0.1, -0.05) is 6.92 Å². The molecule has 0 unspecified atom stereocenters. The van der Waals surface area contributed by atoms with Gasteiger partial charge in [0.2, 0.25) is 0 Å². The molecule has 1 heterocycles. The summed E-state index contributed by atoms with van der Waals surface area (Å²) >= 11 is 0. The summed E-state index contributed by atoms with van der Waals surface area (Å²) in [6.45, 7) is 6.08. The van der Waals surface area contributed by atoms with Crippen molar-refractivity contribution in [1.82, 2.24) is 9.88 Å². The summed E-state index contributed by atoms with van der Waals surface area (Å²) in [5.41, 5.74) is 7.86. The van der Waals surface area contributed by atoms with Crippen LogP contribution in [0, 0.1) is 6.92 Å². The van der Waals surface area contributed by atoms with E-state index in [-0.39, 0.29) is 0 Å². The highest BCUT2D eigenvalue weighted by Crippen LogP contribution is 2.08. The van der Waals surface area contributed by atoms with Gasteiger partial charge in [0.05, 0.1) is 0 Å². The van der Waals surface area contributed by atoms with Gasteiger partial charge in [0.15, 0.2) is 0 Å². The minimum atomic E-state index is 0.611. The van der Waals surface area contributed by atoms with Gasteiger partial charge in [-0.05, 0) is 38.2 Å². The van der Waals surface area contributed by atoms with Crippen LogP contribution in [0.15, 0.2) is 12.1 Å². The molecule has 72 valence electrons. The number of rotatable bonds is 3. The zero-order valence-corrected chi connectivity index (χ0v) is 8.54. The molecule has 0 aliphatic carbocycles. The fourth-order valence-corrected chi connectivity index (χ4v) is 1.28. The fraction of sp³-hybridized carbons (Fsp3) is 0.500. The van der Waals surface area contributed by atoms with E-state index in [9.17, 15) is 0 Å². The summed E-state index contributed by atoms with van der Waals surface area (Å²) in [4.78, 5) is 6.36. The molecule has 0 bridgehead atoms. The summed E-state index contributed by atoms with van der Waals surface area (Å²) in [5, 5.41) is 0. The van der Waals surface area contributed by atoms with E-state index in [1.807, 2.05) is 13.0 Å². The van der Waals surface area contributed by atoms with Crippen LogP contribution in [-0.4, -0.2) is 23.5 Å². The predicted molar refractivity (Wildman–Crippen MR) is 55.4 cm³/mol. The minimum Gasteiger partial charge on any atom is -0.384 e. The van der Waals surface area contributed by atoms with E-state index in [2.05, 4.69) is 29.9 Å². The van der Waals surface area contributed by atoms with Crippen molar-refractivity contribution in [3.63, 3.8) is 0 Å². The third kappa shape index (κ3) is 3.03. The molecule has 0 radical (unpaired) electrons. The van der Waals surface area contributed by atoms with E-state index < -0.39 is 0 Å². The van der Waals surface area contributed by atoms with Crippen molar-refractivity contribution in [2.45, 2.75) is 20.4 Å². The van der Waals surface area contributed by atoms with Gasteiger partial charge in [-0.25, -0.2) is 4.98 Å². The van der Waals surface area contributed by atoms with Crippen LogP contribution >= 0.6 is 0 Å². The van der Waals surface area contributed by atoms with Crippen LogP contribution in [0.4, 0.5) is 5.82 Å². The standard InChI is InChI=1S/C10H17N3/c1-4-13(3)7-9-5-8(2)12-10(11)6-9/h5-6H,4,7H2,1-3H3,(H2,11,12). The second-order valence-corrected chi connectivity index (χ2v) is 3.37. The number of pyridine rings is 1. The average molecular weight is 179 g/mol. The van der Waals surface area contributed by atoms with Gasteiger partial charge in [-0.15, -0.1) is 0 Å². The van der Waals surface area contributed by atoms with Crippen LogP contribution in [-0.2, 0) is 6.54 Å². The lowest BCUT2D eigenvalue weighted by Crippen LogP contribution is -2.17. The number of nitrogens with zero attached hydrogens (tertiary/aromatic N) is 2. The van der Waals surface area contributed by atoms with Gasteiger partial charge in [0.25, 0.3) is 0 Å². The van der Waals surface area contributed by atoms with Gasteiger partial charge in [0.1, 0.15) is 5.82 Å². The van der Waals surface area contributed by atoms with Gasteiger partial charge in [-0.2, -0.15) is 0 Å². The third-order valence-electron chi connectivity index (χ3n) is 2.03. The monoisotopic (exact) mass is 179 g/mol. The van der Waals surface area contributed by atoms with Crippen LogP contribution in [0.25, 0.3) is 0 Å². The zero-order valence-electron chi connectivity index (χ0n) is 8.54. The van der Waals surface area contributed by atoms with Crippen molar-refractivity contribution in [2.75, 3.05) is 19.3 Å². The molecule has 0 aromatic carbocycles. The highest BCUT2D eigenvalue weighted by molar-refractivity contribution is 5.34. The quantitative estimate of drug-likeness (QED) is 0.763. The highest BCUT2D eigenvalue weighted by atomic mass is 15.1. The molecule has 3 nitrogen and oxygen atoms in total.